The summed E-state index contributed by atoms with van der Waals surface area (Å²) in [7, 11) is 2.08. The van der Waals surface area contributed by atoms with Gasteiger partial charge in [0.15, 0.2) is 0 Å². The normalized spacial score (nSPS) is 11.3. The van der Waals surface area contributed by atoms with Crippen molar-refractivity contribution in [1.29, 1.82) is 0 Å². The van der Waals surface area contributed by atoms with Crippen molar-refractivity contribution in [3.8, 4) is 0 Å². The molecule has 21 heavy (non-hydrogen) atoms. The molecule has 0 saturated carbocycles. The highest BCUT2D eigenvalue weighted by Gasteiger charge is 2.04. The Morgan fingerprint density at radius 1 is 1.10 bits per heavy atom. The minimum absolute atomic E-state index is 0.992. The van der Waals surface area contributed by atoms with E-state index in [1.54, 1.807) is 0 Å². The summed E-state index contributed by atoms with van der Waals surface area (Å²) in [4.78, 5) is 6.92. The van der Waals surface area contributed by atoms with Crippen LogP contribution in [-0.4, -0.2) is 23.9 Å². The molecule has 0 fully saturated rings. The van der Waals surface area contributed by atoms with E-state index in [0.29, 0.717) is 0 Å². The van der Waals surface area contributed by atoms with E-state index >= 15 is 0 Å². The van der Waals surface area contributed by atoms with Crippen LogP contribution in [0.3, 0.4) is 0 Å². The largest absolute Gasteiger partial charge is 0.372 e. The Morgan fingerprint density at radius 2 is 1.71 bits per heavy atom. The molecule has 3 nitrogen and oxygen atoms in total. The minimum Gasteiger partial charge on any atom is -0.372 e. The predicted octanol–water partition coefficient (Wildman–Crippen LogP) is 4.24. The van der Waals surface area contributed by atoms with Crippen LogP contribution < -0.4 is 4.90 Å². The van der Waals surface area contributed by atoms with Gasteiger partial charge in [0, 0.05) is 49.0 Å². The van der Waals surface area contributed by atoms with Crippen LogP contribution in [0.4, 0.5) is 11.4 Å². The molecule has 0 aliphatic heterocycles. The number of anilines is 1. The van der Waals surface area contributed by atoms with E-state index in [4.69, 9.17) is 0 Å². The molecule has 0 atom stereocenters. The van der Waals surface area contributed by atoms with Crippen LogP contribution in [-0.2, 0) is 7.05 Å². The smallest absolute Gasteiger partial charge is 0.0631 e. The van der Waals surface area contributed by atoms with Crippen molar-refractivity contribution in [2.24, 2.45) is 12.0 Å². The molecule has 0 unspecified atom stereocenters. The first-order valence-electron chi connectivity index (χ1n) is 7.58. The lowest BCUT2D eigenvalue weighted by molar-refractivity contribution is 0.843. The highest BCUT2D eigenvalue weighted by Crippen LogP contribution is 2.20. The third-order valence-corrected chi connectivity index (χ3v) is 4.15. The molecule has 2 aromatic rings. The first kappa shape index (κ1) is 15.4. The minimum atomic E-state index is 0.992. The highest BCUT2D eigenvalue weighted by atomic mass is 15.1. The summed E-state index contributed by atoms with van der Waals surface area (Å²) in [6.07, 6.45) is 1.95. The van der Waals surface area contributed by atoms with Crippen LogP contribution in [0.25, 0.3) is 0 Å². The lowest BCUT2D eigenvalue weighted by Gasteiger charge is -2.20. The van der Waals surface area contributed by atoms with Gasteiger partial charge in [0.2, 0.25) is 0 Å². The molecule has 0 amide bonds. The van der Waals surface area contributed by atoms with Gasteiger partial charge in [0.05, 0.1) is 5.69 Å². The van der Waals surface area contributed by atoms with Crippen molar-refractivity contribution in [3.63, 3.8) is 0 Å². The number of aliphatic imine (C=N–C) groups is 1. The quantitative estimate of drug-likeness (QED) is 0.752. The lowest BCUT2D eigenvalue weighted by Crippen LogP contribution is -2.21. The average molecular weight is 283 g/mol. The monoisotopic (exact) mass is 283 g/mol. The number of aryl methyl sites for hydroxylation is 1. The van der Waals surface area contributed by atoms with Gasteiger partial charge in [-0.3, -0.25) is 4.99 Å². The number of aromatic nitrogens is 1. The number of hydrogen-bond donors (Lipinski definition) is 0. The van der Waals surface area contributed by atoms with E-state index in [0.717, 1.165) is 18.8 Å². The molecule has 0 aliphatic carbocycles. The van der Waals surface area contributed by atoms with Crippen LogP contribution in [0.5, 0.6) is 0 Å². The maximum absolute atomic E-state index is 4.59. The Bertz CT molecular complexity index is 617. The zero-order valence-corrected chi connectivity index (χ0v) is 13.7. The average Bonchev–Trinajstić information content (AvgIpc) is 2.75. The van der Waals surface area contributed by atoms with Crippen molar-refractivity contribution in [3.05, 3.63) is 47.3 Å². The van der Waals surface area contributed by atoms with Gasteiger partial charge in [-0.25, -0.2) is 0 Å². The summed E-state index contributed by atoms with van der Waals surface area (Å²) in [5.41, 5.74) is 5.93. The van der Waals surface area contributed by atoms with Gasteiger partial charge in [-0.05, 0) is 58.0 Å². The summed E-state index contributed by atoms with van der Waals surface area (Å²) in [5, 5.41) is 0. The fraction of sp³-hybridized carbons (Fsp3) is 0.389. The maximum Gasteiger partial charge on any atom is 0.0631 e. The fourth-order valence-electron chi connectivity index (χ4n) is 2.50. The van der Waals surface area contributed by atoms with Gasteiger partial charge in [-0.1, -0.05) is 0 Å². The van der Waals surface area contributed by atoms with E-state index in [1.165, 1.54) is 22.6 Å². The van der Waals surface area contributed by atoms with Crippen molar-refractivity contribution < 1.29 is 0 Å². The van der Waals surface area contributed by atoms with Gasteiger partial charge in [-0.2, -0.15) is 0 Å². The number of rotatable bonds is 5. The molecule has 3 heteroatoms. The van der Waals surface area contributed by atoms with Gasteiger partial charge >= 0.3 is 0 Å². The fourth-order valence-corrected chi connectivity index (χ4v) is 2.50. The van der Waals surface area contributed by atoms with Crippen molar-refractivity contribution >= 4 is 17.6 Å². The molecule has 0 aliphatic rings. The summed E-state index contributed by atoms with van der Waals surface area (Å²) >= 11 is 0. The van der Waals surface area contributed by atoms with E-state index < -0.39 is 0 Å². The van der Waals surface area contributed by atoms with Gasteiger partial charge in [-0.15, -0.1) is 0 Å². The number of hydrogen-bond acceptors (Lipinski definition) is 2. The van der Waals surface area contributed by atoms with Crippen molar-refractivity contribution in [2.45, 2.75) is 27.7 Å². The molecule has 1 aromatic carbocycles. The van der Waals surface area contributed by atoms with Crippen LogP contribution in [0, 0.1) is 13.8 Å². The maximum atomic E-state index is 4.59. The molecule has 0 spiro atoms. The van der Waals surface area contributed by atoms with Gasteiger partial charge < -0.3 is 9.47 Å². The SMILES string of the molecule is CCN(CC)c1ccc(N=Cc2cc(C)n(C)c2C)cc1. The van der Waals surface area contributed by atoms with Gasteiger partial charge in [0.1, 0.15) is 0 Å². The topological polar surface area (TPSA) is 20.5 Å². The van der Waals surface area contributed by atoms with Crippen molar-refractivity contribution in [2.75, 3.05) is 18.0 Å². The van der Waals surface area contributed by atoms with Crippen LogP contribution >= 0.6 is 0 Å². The Hall–Kier alpha value is -2.03. The predicted molar refractivity (Wildman–Crippen MR) is 92.1 cm³/mol. The number of nitrogens with zero attached hydrogens (tertiary/aromatic N) is 3. The molecular weight excluding hydrogens is 258 g/mol. The summed E-state index contributed by atoms with van der Waals surface area (Å²) in [6.45, 7) is 10.6. The molecular formula is C18H25N3. The highest BCUT2D eigenvalue weighted by molar-refractivity contribution is 5.84. The van der Waals surface area contributed by atoms with E-state index in [9.17, 15) is 0 Å². The zero-order chi connectivity index (χ0) is 15.4. The zero-order valence-electron chi connectivity index (χ0n) is 13.7. The second kappa shape index (κ2) is 6.61. The molecule has 0 bridgehead atoms. The Kier molecular flexibility index (Phi) is 4.84. The molecule has 1 heterocycles. The Morgan fingerprint density at radius 3 is 2.19 bits per heavy atom. The first-order chi connectivity index (χ1) is 10.1. The summed E-state index contributed by atoms with van der Waals surface area (Å²) in [6, 6.07) is 10.6. The molecule has 112 valence electrons. The number of benzene rings is 1. The lowest BCUT2D eigenvalue weighted by atomic mass is 10.2. The molecule has 0 N–H and O–H groups in total. The van der Waals surface area contributed by atoms with Crippen LogP contribution in [0.15, 0.2) is 35.3 Å². The second-order valence-corrected chi connectivity index (χ2v) is 5.33. The second-order valence-electron chi connectivity index (χ2n) is 5.33. The third kappa shape index (κ3) is 3.35. The van der Waals surface area contributed by atoms with Crippen LogP contribution in [0.2, 0.25) is 0 Å². The summed E-state index contributed by atoms with van der Waals surface area (Å²) < 4.78 is 2.19. The standard InChI is InChI=1S/C18H25N3/c1-6-21(7-2)18-10-8-17(9-11-18)19-13-16-12-14(3)20(5)15(16)4/h8-13H,6-7H2,1-5H3. The van der Waals surface area contributed by atoms with E-state index in [1.807, 2.05) is 6.21 Å². The van der Waals surface area contributed by atoms with Gasteiger partial charge in [0.25, 0.3) is 0 Å². The molecule has 0 saturated heterocycles. The van der Waals surface area contributed by atoms with Crippen molar-refractivity contribution in [1.82, 2.24) is 4.57 Å². The third-order valence-electron chi connectivity index (χ3n) is 4.15. The van der Waals surface area contributed by atoms with Crippen LogP contribution in [0.1, 0.15) is 30.8 Å². The van der Waals surface area contributed by atoms with E-state index in [2.05, 4.69) is 79.5 Å². The Balaban J connectivity index is 2.16. The summed E-state index contributed by atoms with van der Waals surface area (Å²) in [5.74, 6) is 0. The first-order valence-corrected chi connectivity index (χ1v) is 7.58. The van der Waals surface area contributed by atoms with E-state index in [-0.39, 0.29) is 0 Å². The molecule has 2 rings (SSSR count). The Labute approximate surface area is 127 Å². The molecule has 1 aromatic heterocycles. The molecule has 0 radical (unpaired) electrons.